The zero-order valence-electron chi connectivity index (χ0n) is 22.2. The molecule has 1 N–H and O–H groups in total. The van der Waals surface area contributed by atoms with E-state index in [1.807, 2.05) is 38.1 Å². The van der Waals surface area contributed by atoms with Gasteiger partial charge < -0.3 is 19.3 Å². The second-order valence-corrected chi connectivity index (χ2v) is 11.1. The Hall–Kier alpha value is -2.83. The minimum Gasteiger partial charge on any atom is -0.496 e. The number of aliphatic hydroxyl groups is 1. The summed E-state index contributed by atoms with van der Waals surface area (Å²) in [6.07, 6.45) is 4.44. The molecule has 3 aliphatic carbocycles. The number of ether oxygens (including phenoxy) is 3. The van der Waals surface area contributed by atoms with Gasteiger partial charge in [0.2, 0.25) is 0 Å². The Morgan fingerprint density at radius 2 is 1.92 bits per heavy atom. The topological polar surface area (TPSA) is 64.0 Å². The molecule has 4 atom stereocenters. The molecule has 3 aromatic rings. The standard InChI is InChI=1S/C29H30N2O4.C2H6/c1-33-21-10-9-17-13-22-29(32)14-19-24(30-20-6-4-3-5-18(20)25(19)34-2)27-28(29,23(17)26(21)35-27)11-12-31(22)15-16-7-8-16;1-2/h3-6,9-10,16,22,27,32H,7-8,11-15H2,1-2H3;1-2H3/t22-,27?,28+,29?;/m1./s1. The fraction of sp³-hybridized carbons (Fsp3) is 0.516. The van der Waals surface area contributed by atoms with Gasteiger partial charge in [0.1, 0.15) is 5.75 Å². The summed E-state index contributed by atoms with van der Waals surface area (Å²) in [5, 5.41) is 14.0. The molecule has 194 valence electrons. The van der Waals surface area contributed by atoms with Crippen LogP contribution in [-0.4, -0.2) is 53.9 Å². The van der Waals surface area contributed by atoms with Crippen LogP contribution < -0.4 is 14.2 Å². The fourth-order valence-electron chi connectivity index (χ4n) is 7.93. The maximum absolute atomic E-state index is 13.0. The average molecular weight is 501 g/mol. The summed E-state index contributed by atoms with van der Waals surface area (Å²) < 4.78 is 18.6. The maximum atomic E-state index is 13.0. The first-order valence-electron chi connectivity index (χ1n) is 13.9. The van der Waals surface area contributed by atoms with Gasteiger partial charge in [0.15, 0.2) is 17.6 Å². The van der Waals surface area contributed by atoms with Crippen LogP contribution in [0, 0.1) is 5.92 Å². The SMILES string of the molecule is CC.COc1ccc2c3c1OC1c4nc5ccccc5c(OC)c4CC4(O)[C@@H](C2)N(CC2CC2)CC[C@]314. The highest BCUT2D eigenvalue weighted by Gasteiger charge is 2.73. The first kappa shape index (κ1) is 23.3. The Morgan fingerprint density at radius 1 is 1.11 bits per heavy atom. The zero-order chi connectivity index (χ0) is 25.5. The first-order valence-corrected chi connectivity index (χ1v) is 13.9. The first-order chi connectivity index (χ1) is 18.1. The van der Waals surface area contributed by atoms with Crippen LogP contribution in [-0.2, 0) is 18.3 Å². The summed E-state index contributed by atoms with van der Waals surface area (Å²) in [6, 6.07) is 12.4. The minimum absolute atomic E-state index is 0.0409. The summed E-state index contributed by atoms with van der Waals surface area (Å²) >= 11 is 0. The number of benzene rings is 2. The molecule has 5 aliphatic rings. The third-order valence-electron chi connectivity index (χ3n) is 9.59. The van der Waals surface area contributed by atoms with Crippen molar-refractivity contribution >= 4 is 10.9 Å². The van der Waals surface area contributed by atoms with Gasteiger partial charge in [-0.05, 0) is 61.9 Å². The Bertz CT molecular complexity index is 1400. The smallest absolute Gasteiger partial charge is 0.166 e. The van der Waals surface area contributed by atoms with Crippen LogP contribution in [0.15, 0.2) is 36.4 Å². The Kier molecular flexibility index (Phi) is 5.09. The average Bonchev–Trinajstić information content (AvgIpc) is 3.67. The maximum Gasteiger partial charge on any atom is 0.166 e. The number of hydrogen-bond acceptors (Lipinski definition) is 6. The number of nitrogens with zero attached hydrogens (tertiary/aromatic N) is 2. The highest BCUT2D eigenvalue weighted by molar-refractivity contribution is 5.87. The van der Waals surface area contributed by atoms with Gasteiger partial charge in [-0.3, -0.25) is 4.90 Å². The lowest BCUT2D eigenvalue weighted by Gasteiger charge is -2.63. The van der Waals surface area contributed by atoms with Gasteiger partial charge in [-0.1, -0.05) is 32.0 Å². The van der Waals surface area contributed by atoms with Crippen molar-refractivity contribution in [1.82, 2.24) is 9.88 Å². The van der Waals surface area contributed by atoms with Crippen LogP contribution >= 0.6 is 0 Å². The molecule has 37 heavy (non-hydrogen) atoms. The van der Waals surface area contributed by atoms with Crippen LogP contribution in [0.25, 0.3) is 10.9 Å². The number of para-hydroxylation sites is 1. The molecule has 6 nitrogen and oxygen atoms in total. The molecule has 2 bridgehead atoms. The third-order valence-corrected chi connectivity index (χ3v) is 9.59. The number of rotatable bonds is 4. The predicted molar refractivity (Wildman–Crippen MR) is 143 cm³/mol. The largest absolute Gasteiger partial charge is 0.496 e. The number of hydrogen-bond donors (Lipinski definition) is 1. The van der Waals surface area contributed by atoms with Crippen LogP contribution in [0.2, 0.25) is 0 Å². The van der Waals surface area contributed by atoms with Crippen molar-refractivity contribution in [3.8, 4) is 17.2 Å². The van der Waals surface area contributed by atoms with Crippen LogP contribution in [0.4, 0.5) is 0 Å². The monoisotopic (exact) mass is 500 g/mol. The van der Waals surface area contributed by atoms with Crippen molar-refractivity contribution in [3.63, 3.8) is 0 Å². The molecular weight excluding hydrogens is 464 g/mol. The van der Waals surface area contributed by atoms with Gasteiger partial charge in [-0.15, -0.1) is 0 Å². The summed E-state index contributed by atoms with van der Waals surface area (Å²) in [5.41, 5.74) is 3.73. The quantitative estimate of drug-likeness (QED) is 0.545. The Balaban J connectivity index is 0.00000113. The highest BCUT2D eigenvalue weighted by Crippen LogP contribution is 2.69. The molecule has 3 heterocycles. The second kappa shape index (κ2) is 8.08. The van der Waals surface area contributed by atoms with E-state index in [1.54, 1.807) is 14.2 Å². The molecule has 2 aliphatic heterocycles. The molecule has 2 fully saturated rings. The lowest BCUT2D eigenvalue weighted by Crippen LogP contribution is -2.74. The van der Waals surface area contributed by atoms with Crippen molar-refractivity contribution < 1.29 is 19.3 Å². The number of piperidine rings is 1. The summed E-state index contributed by atoms with van der Waals surface area (Å²) in [4.78, 5) is 7.75. The van der Waals surface area contributed by atoms with Gasteiger partial charge in [-0.25, -0.2) is 4.98 Å². The molecule has 6 heteroatoms. The minimum atomic E-state index is -0.972. The molecule has 1 saturated heterocycles. The second-order valence-electron chi connectivity index (χ2n) is 11.1. The van der Waals surface area contributed by atoms with E-state index >= 15 is 0 Å². The molecule has 8 rings (SSSR count). The fourth-order valence-corrected chi connectivity index (χ4v) is 7.93. The van der Waals surface area contributed by atoms with E-state index in [-0.39, 0.29) is 12.1 Å². The molecular formula is C31H36N2O4. The van der Waals surface area contributed by atoms with E-state index in [9.17, 15) is 5.11 Å². The number of fused-ring (bicyclic) bond motifs is 3. The van der Waals surface area contributed by atoms with E-state index in [0.29, 0.717) is 6.42 Å². The zero-order valence-corrected chi connectivity index (χ0v) is 22.2. The van der Waals surface area contributed by atoms with Crippen molar-refractivity contribution in [2.45, 2.75) is 69.1 Å². The number of likely N-dealkylation sites (tertiary alicyclic amines) is 1. The summed E-state index contributed by atoms with van der Waals surface area (Å²) in [7, 11) is 3.42. The van der Waals surface area contributed by atoms with Crippen molar-refractivity contribution in [2.75, 3.05) is 27.3 Å². The molecule has 0 radical (unpaired) electrons. The van der Waals surface area contributed by atoms with Gasteiger partial charge in [0, 0.05) is 35.5 Å². The number of methoxy groups -OCH3 is 2. The van der Waals surface area contributed by atoms with E-state index in [4.69, 9.17) is 19.2 Å². The van der Waals surface area contributed by atoms with E-state index in [2.05, 4.69) is 17.0 Å². The van der Waals surface area contributed by atoms with E-state index in [1.165, 1.54) is 18.4 Å². The summed E-state index contributed by atoms with van der Waals surface area (Å²) in [5.74, 6) is 3.12. The Morgan fingerprint density at radius 3 is 2.68 bits per heavy atom. The van der Waals surface area contributed by atoms with Crippen molar-refractivity contribution in [2.24, 2.45) is 5.92 Å². The van der Waals surface area contributed by atoms with E-state index < -0.39 is 11.0 Å². The molecule has 1 spiro atoms. The lowest BCUT2D eigenvalue weighted by molar-refractivity contribution is -0.173. The van der Waals surface area contributed by atoms with Crippen LogP contribution in [0.1, 0.15) is 61.6 Å². The normalized spacial score (nSPS) is 30.5. The van der Waals surface area contributed by atoms with Crippen LogP contribution in [0.5, 0.6) is 17.2 Å². The number of pyridine rings is 1. The van der Waals surface area contributed by atoms with Crippen molar-refractivity contribution in [1.29, 1.82) is 0 Å². The Labute approximate surface area is 218 Å². The molecule has 2 unspecified atom stereocenters. The van der Waals surface area contributed by atoms with Gasteiger partial charge >= 0.3 is 0 Å². The van der Waals surface area contributed by atoms with Crippen LogP contribution in [0.3, 0.4) is 0 Å². The lowest BCUT2D eigenvalue weighted by atomic mass is 9.49. The van der Waals surface area contributed by atoms with Gasteiger partial charge in [0.25, 0.3) is 0 Å². The summed E-state index contributed by atoms with van der Waals surface area (Å²) in [6.45, 7) is 6.05. The molecule has 1 aromatic heterocycles. The predicted octanol–water partition coefficient (Wildman–Crippen LogP) is 4.98. The number of aromatic nitrogens is 1. The highest BCUT2D eigenvalue weighted by atomic mass is 16.5. The van der Waals surface area contributed by atoms with Gasteiger partial charge in [-0.2, -0.15) is 0 Å². The van der Waals surface area contributed by atoms with Crippen molar-refractivity contribution in [3.05, 3.63) is 58.8 Å². The van der Waals surface area contributed by atoms with E-state index in [0.717, 1.165) is 76.8 Å². The molecule has 0 amide bonds. The molecule has 1 saturated carbocycles. The third kappa shape index (κ3) is 2.86. The van der Waals surface area contributed by atoms with Gasteiger partial charge in [0.05, 0.1) is 36.4 Å². The molecule has 2 aromatic carbocycles.